The molecule has 2 fully saturated rings. The van der Waals surface area contributed by atoms with Crippen molar-refractivity contribution < 1.29 is 9.47 Å². The van der Waals surface area contributed by atoms with Gasteiger partial charge in [-0.05, 0) is 32.6 Å². The molecule has 2 heterocycles. The number of nitrogens with zero attached hydrogens (tertiary/aromatic N) is 4. The highest BCUT2D eigenvalue weighted by Gasteiger charge is 2.25. The van der Waals surface area contributed by atoms with Gasteiger partial charge in [0, 0.05) is 45.0 Å². The number of morpholine rings is 1. The fraction of sp³-hybridized carbons (Fsp3) is 0.818. The summed E-state index contributed by atoms with van der Waals surface area (Å²) in [6.45, 7) is 7.09. The molecule has 1 aromatic heterocycles. The van der Waals surface area contributed by atoms with Crippen LogP contribution in [0.1, 0.15) is 70.0 Å². The van der Waals surface area contributed by atoms with Crippen molar-refractivity contribution in [3.8, 4) is 0 Å². The normalized spacial score (nSPS) is 21.9. The van der Waals surface area contributed by atoms with Gasteiger partial charge in [0.1, 0.15) is 6.10 Å². The lowest BCUT2D eigenvalue weighted by molar-refractivity contribution is -0.00804. The third kappa shape index (κ3) is 7.30. The highest BCUT2D eigenvalue weighted by atomic mass is 16.5. The molecule has 1 saturated heterocycles. The molecule has 7 nitrogen and oxygen atoms in total. The fourth-order valence-corrected chi connectivity index (χ4v) is 4.13. The van der Waals surface area contributed by atoms with Gasteiger partial charge in [-0.2, -0.15) is 5.10 Å². The Morgan fingerprint density at radius 2 is 2.10 bits per heavy atom. The summed E-state index contributed by atoms with van der Waals surface area (Å²) in [6, 6.07) is 0. The van der Waals surface area contributed by atoms with Crippen LogP contribution in [0, 0.1) is 0 Å². The zero-order chi connectivity index (χ0) is 20.3. The summed E-state index contributed by atoms with van der Waals surface area (Å²) in [5.41, 5.74) is 1.13. The topological polar surface area (TPSA) is 63.9 Å². The molecule has 0 amide bonds. The highest BCUT2D eigenvalue weighted by Crippen LogP contribution is 2.22. The molecule has 3 rings (SSSR count). The summed E-state index contributed by atoms with van der Waals surface area (Å²) < 4.78 is 13.9. The second kappa shape index (κ2) is 12.2. The predicted molar refractivity (Wildman–Crippen MR) is 116 cm³/mol. The Bertz CT molecular complexity index is 610. The molecule has 0 aromatic carbocycles. The zero-order valence-electron chi connectivity index (χ0n) is 18.3. The Morgan fingerprint density at radius 1 is 1.28 bits per heavy atom. The van der Waals surface area contributed by atoms with Gasteiger partial charge >= 0.3 is 0 Å². The average Bonchev–Trinajstić information content (AvgIpc) is 3.01. The van der Waals surface area contributed by atoms with Gasteiger partial charge in [0.05, 0.1) is 25.5 Å². The van der Waals surface area contributed by atoms with Crippen molar-refractivity contribution in [2.45, 2.75) is 70.5 Å². The van der Waals surface area contributed by atoms with Crippen LogP contribution in [0.25, 0.3) is 0 Å². The summed E-state index contributed by atoms with van der Waals surface area (Å²) in [7, 11) is 1.94. The molecule has 1 N–H and O–H groups in total. The van der Waals surface area contributed by atoms with E-state index in [-0.39, 0.29) is 6.10 Å². The van der Waals surface area contributed by atoms with E-state index in [4.69, 9.17) is 14.5 Å². The number of aromatic nitrogens is 2. The van der Waals surface area contributed by atoms with E-state index in [1.165, 1.54) is 38.5 Å². The summed E-state index contributed by atoms with van der Waals surface area (Å²) in [5.74, 6) is 0.995. The van der Waals surface area contributed by atoms with Gasteiger partial charge in [-0.1, -0.05) is 25.7 Å². The smallest absolute Gasteiger partial charge is 0.194 e. The van der Waals surface area contributed by atoms with E-state index in [1.54, 1.807) is 0 Å². The van der Waals surface area contributed by atoms with Crippen LogP contribution >= 0.6 is 0 Å². The van der Waals surface area contributed by atoms with Crippen LogP contribution in [-0.2, 0) is 16.5 Å². The Morgan fingerprint density at radius 3 is 2.83 bits per heavy atom. The summed E-state index contributed by atoms with van der Waals surface area (Å²) in [4.78, 5) is 7.18. The summed E-state index contributed by atoms with van der Waals surface area (Å²) in [5, 5.41) is 7.72. The Balaban J connectivity index is 1.41. The second-order valence-electron chi connectivity index (χ2n) is 8.18. The lowest BCUT2D eigenvalue weighted by Crippen LogP contribution is -2.48. The number of nitrogens with one attached hydrogen (secondary N) is 1. The molecule has 0 bridgehead atoms. The van der Waals surface area contributed by atoms with Crippen molar-refractivity contribution >= 4 is 5.96 Å². The first-order valence-corrected chi connectivity index (χ1v) is 11.5. The molecule has 7 heteroatoms. The average molecular weight is 406 g/mol. The van der Waals surface area contributed by atoms with Crippen molar-refractivity contribution in [3.63, 3.8) is 0 Å². The fourth-order valence-electron chi connectivity index (χ4n) is 4.13. The first-order valence-electron chi connectivity index (χ1n) is 11.5. The SMILES string of the molecule is CCNC(=NCCCCOC1CCCCCC1)N1CCOC(c2cnn(C)c2)C1. The quantitative estimate of drug-likeness (QED) is 0.311. The van der Waals surface area contributed by atoms with Gasteiger partial charge in [-0.3, -0.25) is 9.67 Å². The Labute approximate surface area is 175 Å². The highest BCUT2D eigenvalue weighted by molar-refractivity contribution is 5.80. The maximum absolute atomic E-state index is 6.10. The molecular formula is C22H39N5O2. The van der Waals surface area contributed by atoms with Crippen molar-refractivity contribution in [2.24, 2.45) is 12.0 Å². The number of hydrogen-bond donors (Lipinski definition) is 1. The second-order valence-corrected chi connectivity index (χ2v) is 8.18. The first kappa shape index (κ1) is 22.1. The van der Waals surface area contributed by atoms with Gasteiger partial charge in [0.25, 0.3) is 0 Å². The van der Waals surface area contributed by atoms with E-state index < -0.39 is 0 Å². The third-order valence-electron chi connectivity index (χ3n) is 5.77. The van der Waals surface area contributed by atoms with Crippen LogP contribution in [0.4, 0.5) is 0 Å². The number of unbranched alkanes of at least 4 members (excludes halogenated alkanes) is 1. The zero-order valence-corrected chi connectivity index (χ0v) is 18.3. The minimum absolute atomic E-state index is 0.0503. The van der Waals surface area contributed by atoms with Crippen LogP contribution < -0.4 is 5.32 Å². The molecule has 1 aliphatic carbocycles. The number of rotatable bonds is 8. The number of hydrogen-bond acceptors (Lipinski definition) is 4. The molecule has 1 aliphatic heterocycles. The molecule has 0 radical (unpaired) electrons. The number of aryl methyl sites for hydroxylation is 1. The molecule has 1 unspecified atom stereocenters. The molecule has 1 atom stereocenters. The van der Waals surface area contributed by atoms with E-state index >= 15 is 0 Å². The van der Waals surface area contributed by atoms with Crippen molar-refractivity contribution in [3.05, 3.63) is 18.0 Å². The molecule has 1 aromatic rings. The van der Waals surface area contributed by atoms with Gasteiger partial charge in [0.15, 0.2) is 5.96 Å². The predicted octanol–water partition coefficient (Wildman–Crippen LogP) is 3.28. The van der Waals surface area contributed by atoms with Crippen molar-refractivity contribution in [1.82, 2.24) is 20.0 Å². The molecule has 29 heavy (non-hydrogen) atoms. The molecular weight excluding hydrogens is 366 g/mol. The van der Waals surface area contributed by atoms with Gasteiger partial charge in [-0.15, -0.1) is 0 Å². The van der Waals surface area contributed by atoms with E-state index in [0.29, 0.717) is 12.7 Å². The lowest BCUT2D eigenvalue weighted by Gasteiger charge is -2.34. The van der Waals surface area contributed by atoms with Crippen LogP contribution in [0.15, 0.2) is 17.4 Å². The third-order valence-corrected chi connectivity index (χ3v) is 5.77. The van der Waals surface area contributed by atoms with Crippen molar-refractivity contribution in [2.75, 3.05) is 39.4 Å². The maximum Gasteiger partial charge on any atom is 0.194 e. The van der Waals surface area contributed by atoms with Crippen LogP contribution in [0.5, 0.6) is 0 Å². The van der Waals surface area contributed by atoms with Gasteiger partial charge in [-0.25, -0.2) is 0 Å². The van der Waals surface area contributed by atoms with E-state index in [9.17, 15) is 0 Å². The molecule has 2 aliphatic rings. The van der Waals surface area contributed by atoms with Crippen molar-refractivity contribution in [1.29, 1.82) is 0 Å². The monoisotopic (exact) mass is 405 g/mol. The van der Waals surface area contributed by atoms with Crippen LogP contribution in [0.2, 0.25) is 0 Å². The summed E-state index contributed by atoms with van der Waals surface area (Å²) >= 11 is 0. The maximum atomic E-state index is 6.10. The number of aliphatic imine (C=N–C) groups is 1. The largest absolute Gasteiger partial charge is 0.378 e. The standard InChI is InChI=1S/C22H39N5O2/c1-3-23-22(24-12-8-9-14-28-20-10-6-4-5-7-11-20)27-13-15-29-21(18-27)19-16-25-26(2)17-19/h16-17,20-21H,3-15,18H2,1-2H3,(H,23,24). The van der Waals surface area contributed by atoms with E-state index in [2.05, 4.69) is 22.2 Å². The Kier molecular flexibility index (Phi) is 9.28. The van der Waals surface area contributed by atoms with E-state index in [0.717, 1.165) is 57.2 Å². The minimum Gasteiger partial charge on any atom is -0.378 e. The summed E-state index contributed by atoms with van der Waals surface area (Å²) in [6.07, 6.45) is 14.6. The Hall–Kier alpha value is -1.60. The number of ether oxygens (including phenoxy) is 2. The lowest BCUT2D eigenvalue weighted by atomic mass is 10.1. The first-order chi connectivity index (χ1) is 14.3. The molecule has 0 spiro atoms. The number of guanidine groups is 1. The minimum atomic E-state index is 0.0503. The van der Waals surface area contributed by atoms with Gasteiger partial charge in [0.2, 0.25) is 0 Å². The molecule has 1 saturated carbocycles. The van der Waals surface area contributed by atoms with Crippen LogP contribution in [0.3, 0.4) is 0 Å². The van der Waals surface area contributed by atoms with Gasteiger partial charge < -0.3 is 19.7 Å². The molecule has 164 valence electrons. The van der Waals surface area contributed by atoms with E-state index in [1.807, 2.05) is 24.1 Å². The van der Waals surface area contributed by atoms with Crippen LogP contribution in [-0.4, -0.2) is 66.1 Å².